The van der Waals surface area contributed by atoms with Crippen molar-refractivity contribution in [2.24, 2.45) is 0 Å². The van der Waals surface area contributed by atoms with Crippen molar-refractivity contribution in [2.45, 2.75) is 18.9 Å². The molecule has 1 aliphatic rings. The zero-order chi connectivity index (χ0) is 25.1. The zero-order valence-electron chi connectivity index (χ0n) is 19.9. The first-order chi connectivity index (χ1) is 16.9. The topological polar surface area (TPSA) is 83.1 Å². The highest BCUT2D eigenvalue weighted by molar-refractivity contribution is 9.10. The van der Waals surface area contributed by atoms with Gasteiger partial charge in [-0.2, -0.15) is 0 Å². The van der Waals surface area contributed by atoms with Gasteiger partial charge in [-0.1, -0.05) is 28.1 Å². The summed E-state index contributed by atoms with van der Waals surface area (Å²) in [6.45, 7) is 0. The van der Waals surface area contributed by atoms with Gasteiger partial charge in [-0.15, -0.1) is 0 Å². The second-order valence-electron chi connectivity index (χ2n) is 8.03. The molecule has 35 heavy (non-hydrogen) atoms. The minimum absolute atomic E-state index is 0.205. The molecular formula is C27H26BrNO6. The summed E-state index contributed by atoms with van der Waals surface area (Å²) in [5, 5.41) is 3.12. The summed E-state index contributed by atoms with van der Waals surface area (Å²) in [4.78, 5) is 26.1. The number of nitrogens with one attached hydrogen (secondary N) is 1. The maximum atomic E-state index is 13.2. The third-order valence-corrected chi connectivity index (χ3v) is 6.61. The molecule has 0 spiro atoms. The van der Waals surface area contributed by atoms with Gasteiger partial charge in [0.25, 0.3) is 5.91 Å². The molecule has 7 nitrogen and oxygen atoms in total. The van der Waals surface area contributed by atoms with E-state index in [-0.39, 0.29) is 17.1 Å². The van der Waals surface area contributed by atoms with Crippen molar-refractivity contribution in [1.29, 1.82) is 0 Å². The van der Waals surface area contributed by atoms with Gasteiger partial charge in [0.2, 0.25) is 11.2 Å². The number of ether oxygens (including phenoxy) is 4. The van der Waals surface area contributed by atoms with Crippen molar-refractivity contribution in [3.8, 4) is 34.1 Å². The maximum Gasteiger partial charge on any atom is 0.251 e. The van der Waals surface area contributed by atoms with Crippen LogP contribution in [0.3, 0.4) is 0 Å². The van der Waals surface area contributed by atoms with Crippen LogP contribution >= 0.6 is 15.9 Å². The molecule has 1 N–H and O–H groups in total. The first-order valence-electron chi connectivity index (χ1n) is 11.0. The third kappa shape index (κ3) is 4.71. The highest BCUT2D eigenvalue weighted by Gasteiger charge is 2.30. The number of halogens is 1. The molecule has 8 heteroatoms. The Balaban J connectivity index is 1.94. The molecule has 0 heterocycles. The Kier molecular flexibility index (Phi) is 7.31. The summed E-state index contributed by atoms with van der Waals surface area (Å²) in [5.74, 6) is 1.47. The summed E-state index contributed by atoms with van der Waals surface area (Å²) < 4.78 is 23.1. The summed E-state index contributed by atoms with van der Waals surface area (Å²) in [6.07, 6.45) is 1.17. The Morgan fingerprint density at radius 3 is 2.31 bits per heavy atom. The average Bonchev–Trinajstić information content (AvgIpc) is 3.11. The largest absolute Gasteiger partial charge is 0.493 e. The van der Waals surface area contributed by atoms with Crippen LogP contribution in [-0.4, -0.2) is 34.3 Å². The maximum absolute atomic E-state index is 13.2. The predicted octanol–water partition coefficient (Wildman–Crippen LogP) is 4.93. The number of hydrogen-bond donors (Lipinski definition) is 1. The van der Waals surface area contributed by atoms with Crippen LogP contribution in [0.2, 0.25) is 0 Å². The molecule has 0 saturated carbocycles. The van der Waals surface area contributed by atoms with E-state index < -0.39 is 6.04 Å². The normalized spacial score (nSPS) is 14.1. The average molecular weight is 540 g/mol. The molecule has 0 saturated heterocycles. The Morgan fingerprint density at radius 2 is 1.66 bits per heavy atom. The van der Waals surface area contributed by atoms with E-state index in [4.69, 9.17) is 18.9 Å². The lowest BCUT2D eigenvalue weighted by molar-refractivity contribution is 0.0935. The number of methoxy groups -OCH3 is 4. The van der Waals surface area contributed by atoms with Crippen molar-refractivity contribution in [3.05, 3.63) is 79.9 Å². The summed E-state index contributed by atoms with van der Waals surface area (Å²) in [6, 6.07) is 13.7. The molecule has 1 amide bonds. The summed E-state index contributed by atoms with van der Waals surface area (Å²) >= 11 is 3.42. The van der Waals surface area contributed by atoms with Gasteiger partial charge in [-0.25, -0.2) is 0 Å². The second kappa shape index (κ2) is 10.4. The van der Waals surface area contributed by atoms with Gasteiger partial charge < -0.3 is 24.3 Å². The van der Waals surface area contributed by atoms with Crippen LogP contribution in [0, 0.1) is 0 Å². The van der Waals surface area contributed by atoms with Gasteiger partial charge in [0.1, 0.15) is 0 Å². The van der Waals surface area contributed by atoms with Crippen LogP contribution in [-0.2, 0) is 6.42 Å². The van der Waals surface area contributed by atoms with Gasteiger partial charge in [0, 0.05) is 15.6 Å². The molecule has 4 rings (SSSR count). The minimum Gasteiger partial charge on any atom is -0.493 e. The van der Waals surface area contributed by atoms with Crippen LogP contribution < -0.4 is 29.7 Å². The number of amides is 1. The fraction of sp³-hybridized carbons (Fsp3) is 0.259. The minimum atomic E-state index is -0.435. The zero-order valence-corrected chi connectivity index (χ0v) is 21.5. The van der Waals surface area contributed by atoms with E-state index in [0.29, 0.717) is 41.2 Å². The molecule has 0 aliphatic heterocycles. The lowest BCUT2D eigenvalue weighted by Gasteiger charge is -2.20. The molecule has 0 unspecified atom stereocenters. The van der Waals surface area contributed by atoms with E-state index >= 15 is 0 Å². The van der Waals surface area contributed by atoms with Crippen LogP contribution in [0.5, 0.6) is 23.0 Å². The monoisotopic (exact) mass is 539 g/mol. The molecule has 1 atom stereocenters. The first-order valence-corrected chi connectivity index (χ1v) is 11.8. The van der Waals surface area contributed by atoms with Crippen LogP contribution in [0.1, 0.15) is 33.9 Å². The van der Waals surface area contributed by atoms with Crippen LogP contribution in [0.4, 0.5) is 0 Å². The number of carbonyl (C=O) groups excluding carboxylic acids is 1. The molecule has 182 valence electrons. The van der Waals surface area contributed by atoms with Crippen molar-refractivity contribution >= 4 is 21.8 Å². The number of aryl methyl sites for hydroxylation is 1. The van der Waals surface area contributed by atoms with Crippen molar-refractivity contribution < 1.29 is 23.7 Å². The number of rotatable bonds is 6. The molecule has 0 fully saturated rings. The molecule has 1 aliphatic carbocycles. The van der Waals surface area contributed by atoms with Crippen molar-refractivity contribution in [3.63, 3.8) is 0 Å². The Hall–Kier alpha value is -3.52. The van der Waals surface area contributed by atoms with Gasteiger partial charge in [-0.3, -0.25) is 9.59 Å². The standard InChI is InChI=1S/C27H26BrNO6/c1-32-22-11-9-18-19(14-21(22)30)20(29-27(31)16-6-5-7-17(28)12-16)10-8-15-13-23(33-2)25(34-3)26(35-4)24(15)18/h5-7,9,11-14,20H,8,10H2,1-4H3,(H,29,31)/t20-/m0/s1. The SMILES string of the molecule is COc1cc2c(c(OC)c1OC)-c1ccc(OC)c(=O)cc1[C@@H](NC(=O)c1cccc(Br)c1)CC2. The number of carbonyl (C=O) groups is 1. The van der Waals surface area contributed by atoms with Crippen molar-refractivity contribution in [1.82, 2.24) is 5.32 Å². The van der Waals surface area contributed by atoms with E-state index in [1.165, 1.54) is 13.2 Å². The van der Waals surface area contributed by atoms with E-state index in [1.54, 1.807) is 45.6 Å². The van der Waals surface area contributed by atoms with E-state index in [0.717, 1.165) is 21.2 Å². The second-order valence-corrected chi connectivity index (χ2v) is 8.95. The molecule has 3 aromatic rings. The van der Waals surface area contributed by atoms with E-state index in [2.05, 4.69) is 21.2 Å². The number of benzene rings is 2. The molecular weight excluding hydrogens is 514 g/mol. The number of fused-ring (bicyclic) bond motifs is 3. The molecule has 0 bridgehead atoms. The van der Waals surface area contributed by atoms with E-state index in [1.807, 2.05) is 18.2 Å². The molecule has 3 aromatic carbocycles. The molecule has 0 radical (unpaired) electrons. The summed E-state index contributed by atoms with van der Waals surface area (Å²) in [7, 11) is 6.15. The fourth-order valence-electron chi connectivity index (χ4n) is 4.49. The number of hydrogen-bond acceptors (Lipinski definition) is 6. The first kappa shape index (κ1) is 24.6. The fourth-order valence-corrected chi connectivity index (χ4v) is 4.89. The predicted molar refractivity (Wildman–Crippen MR) is 137 cm³/mol. The van der Waals surface area contributed by atoms with Crippen LogP contribution in [0.25, 0.3) is 11.1 Å². The Labute approximate surface area is 212 Å². The Morgan fingerprint density at radius 1 is 0.914 bits per heavy atom. The lowest BCUT2D eigenvalue weighted by atomic mass is 9.95. The summed E-state index contributed by atoms with van der Waals surface area (Å²) in [5.41, 5.74) is 3.40. The van der Waals surface area contributed by atoms with Crippen molar-refractivity contribution in [2.75, 3.05) is 28.4 Å². The highest BCUT2D eigenvalue weighted by Crippen LogP contribution is 2.50. The van der Waals surface area contributed by atoms with Gasteiger partial charge >= 0.3 is 0 Å². The third-order valence-electron chi connectivity index (χ3n) is 6.11. The van der Waals surface area contributed by atoms with Gasteiger partial charge in [0.15, 0.2) is 17.2 Å². The molecule has 0 aromatic heterocycles. The quantitative estimate of drug-likeness (QED) is 0.478. The van der Waals surface area contributed by atoms with Gasteiger partial charge in [-0.05, 0) is 65.9 Å². The lowest BCUT2D eigenvalue weighted by Crippen LogP contribution is -2.29. The van der Waals surface area contributed by atoms with Crippen LogP contribution in [0.15, 0.2) is 57.8 Å². The smallest absolute Gasteiger partial charge is 0.251 e. The Bertz CT molecular complexity index is 1340. The van der Waals surface area contributed by atoms with E-state index in [9.17, 15) is 9.59 Å². The van der Waals surface area contributed by atoms with Gasteiger partial charge in [0.05, 0.1) is 34.5 Å². The highest BCUT2D eigenvalue weighted by atomic mass is 79.9.